The van der Waals surface area contributed by atoms with E-state index < -0.39 is 5.82 Å². The van der Waals surface area contributed by atoms with E-state index in [-0.39, 0.29) is 5.84 Å². The molecule has 0 aliphatic rings. The highest BCUT2D eigenvalue weighted by atomic mass is 32.2. The molecule has 0 aliphatic carbocycles. The molecule has 0 aromatic heterocycles. The van der Waals surface area contributed by atoms with Crippen LogP contribution in [0.25, 0.3) is 0 Å². The number of hydrogen-bond acceptors (Lipinski definition) is 4. The van der Waals surface area contributed by atoms with E-state index in [1.807, 2.05) is 11.8 Å². The van der Waals surface area contributed by atoms with Crippen molar-refractivity contribution in [2.75, 3.05) is 11.5 Å². The Labute approximate surface area is 117 Å². The fourth-order valence-electron chi connectivity index (χ4n) is 1.63. The number of nitrogens with one attached hydrogen (secondary N) is 1. The van der Waals surface area contributed by atoms with Crippen molar-refractivity contribution < 1.29 is 9.60 Å². The number of nitrogens with two attached hydrogens (primary N) is 1. The molecule has 1 unspecified atom stereocenters. The summed E-state index contributed by atoms with van der Waals surface area (Å²) in [7, 11) is 0. The van der Waals surface area contributed by atoms with E-state index >= 15 is 0 Å². The van der Waals surface area contributed by atoms with Crippen molar-refractivity contribution in [1.29, 1.82) is 0 Å². The number of oxime groups is 1. The second-order valence-electron chi connectivity index (χ2n) is 4.23. The van der Waals surface area contributed by atoms with Crippen LogP contribution < -0.4 is 11.1 Å². The Morgan fingerprint density at radius 3 is 2.95 bits per heavy atom. The number of benzene rings is 1. The molecular weight excluding hydrogens is 265 g/mol. The van der Waals surface area contributed by atoms with Gasteiger partial charge in [0.05, 0.1) is 0 Å². The summed E-state index contributed by atoms with van der Waals surface area (Å²) in [4.78, 5) is 0. The summed E-state index contributed by atoms with van der Waals surface area (Å²) in [6.45, 7) is 4.76. The van der Waals surface area contributed by atoms with Gasteiger partial charge in [0.1, 0.15) is 5.82 Å². The van der Waals surface area contributed by atoms with Crippen LogP contribution in [-0.4, -0.2) is 28.6 Å². The van der Waals surface area contributed by atoms with Gasteiger partial charge in [0.25, 0.3) is 0 Å². The van der Waals surface area contributed by atoms with Crippen LogP contribution in [0.15, 0.2) is 23.4 Å². The second-order valence-corrected chi connectivity index (χ2v) is 5.55. The zero-order valence-electron chi connectivity index (χ0n) is 11.2. The van der Waals surface area contributed by atoms with Crippen molar-refractivity contribution >= 4 is 17.6 Å². The first kappa shape index (κ1) is 15.8. The predicted molar refractivity (Wildman–Crippen MR) is 78.2 cm³/mol. The SMILES string of the molecule is CCSCC(C)NCc1ccc(F)cc1/C(N)=N/O. The maximum Gasteiger partial charge on any atom is 0.170 e. The van der Waals surface area contributed by atoms with Crippen LogP contribution in [0.2, 0.25) is 0 Å². The molecule has 0 radical (unpaired) electrons. The lowest BCUT2D eigenvalue weighted by atomic mass is 10.1. The minimum Gasteiger partial charge on any atom is -0.409 e. The van der Waals surface area contributed by atoms with Crippen molar-refractivity contribution in [3.63, 3.8) is 0 Å². The number of halogens is 1. The third kappa shape index (κ3) is 5.08. The van der Waals surface area contributed by atoms with Gasteiger partial charge in [0, 0.05) is 23.9 Å². The largest absolute Gasteiger partial charge is 0.409 e. The summed E-state index contributed by atoms with van der Waals surface area (Å²) in [5.74, 6) is 1.61. The van der Waals surface area contributed by atoms with E-state index in [0.29, 0.717) is 18.2 Å². The monoisotopic (exact) mass is 285 g/mol. The minimum atomic E-state index is -0.403. The molecule has 19 heavy (non-hydrogen) atoms. The van der Waals surface area contributed by atoms with Crippen molar-refractivity contribution in [1.82, 2.24) is 5.32 Å². The summed E-state index contributed by atoms with van der Waals surface area (Å²) in [5, 5.41) is 15.0. The number of hydrogen-bond donors (Lipinski definition) is 3. The molecule has 1 atom stereocenters. The number of amidine groups is 1. The van der Waals surface area contributed by atoms with E-state index in [2.05, 4.69) is 24.3 Å². The Hall–Kier alpha value is -1.27. The summed E-state index contributed by atoms with van der Waals surface area (Å²) >= 11 is 1.86. The van der Waals surface area contributed by atoms with E-state index in [1.165, 1.54) is 12.1 Å². The number of rotatable bonds is 7. The Balaban J connectivity index is 2.72. The van der Waals surface area contributed by atoms with Crippen molar-refractivity contribution in [2.24, 2.45) is 10.9 Å². The summed E-state index contributed by atoms with van der Waals surface area (Å²) in [6.07, 6.45) is 0. The van der Waals surface area contributed by atoms with E-state index in [1.54, 1.807) is 6.07 Å². The van der Waals surface area contributed by atoms with Crippen LogP contribution in [0.1, 0.15) is 25.0 Å². The average Bonchev–Trinajstić information content (AvgIpc) is 2.42. The fraction of sp³-hybridized carbons (Fsp3) is 0.462. The molecule has 1 aromatic rings. The molecule has 4 nitrogen and oxygen atoms in total. The van der Waals surface area contributed by atoms with Crippen LogP contribution in [0.3, 0.4) is 0 Å². The van der Waals surface area contributed by atoms with Crippen LogP contribution in [0, 0.1) is 5.82 Å². The highest BCUT2D eigenvalue weighted by Crippen LogP contribution is 2.12. The molecule has 1 aromatic carbocycles. The first-order valence-electron chi connectivity index (χ1n) is 6.16. The molecule has 4 N–H and O–H groups in total. The standard InChI is InChI=1S/C13H20FN3OS/c1-3-19-8-9(2)16-7-10-4-5-11(14)6-12(10)13(15)17-18/h4-6,9,16,18H,3,7-8H2,1-2H3,(H2,15,17). The molecule has 0 saturated heterocycles. The average molecular weight is 285 g/mol. The minimum absolute atomic E-state index is 0.0770. The van der Waals surface area contributed by atoms with Gasteiger partial charge in [-0.3, -0.25) is 0 Å². The molecule has 0 spiro atoms. The van der Waals surface area contributed by atoms with Gasteiger partial charge in [-0.25, -0.2) is 4.39 Å². The fourth-order valence-corrected chi connectivity index (χ4v) is 2.34. The third-order valence-corrected chi connectivity index (χ3v) is 3.81. The lowest BCUT2D eigenvalue weighted by molar-refractivity contribution is 0.318. The van der Waals surface area contributed by atoms with E-state index in [9.17, 15) is 4.39 Å². The molecule has 0 amide bonds. The normalized spacial score (nSPS) is 13.5. The molecule has 0 heterocycles. The van der Waals surface area contributed by atoms with Crippen LogP contribution >= 0.6 is 11.8 Å². The van der Waals surface area contributed by atoms with Gasteiger partial charge in [-0.2, -0.15) is 11.8 Å². The Kier molecular flexibility index (Phi) is 6.66. The quantitative estimate of drug-likeness (QED) is 0.311. The van der Waals surface area contributed by atoms with Gasteiger partial charge in [-0.1, -0.05) is 18.1 Å². The summed E-state index contributed by atoms with van der Waals surface area (Å²) in [6, 6.07) is 4.64. The van der Waals surface area contributed by atoms with Gasteiger partial charge in [0.2, 0.25) is 0 Å². The molecule has 0 saturated carbocycles. The zero-order valence-corrected chi connectivity index (χ0v) is 12.0. The molecule has 1 rings (SSSR count). The summed E-state index contributed by atoms with van der Waals surface area (Å²) in [5.41, 5.74) is 6.78. The Morgan fingerprint density at radius 2 is 2.32 bits per heavy atom. The lowest BCUT2D eigenvalue weighted by Gasteiger charge is -2.15. The molecule has 0 bridgehead atoms. The van der Waals surface area contributed by atoms with E-state index in [4.69, 9.17) is 10.9 Å². The summed E-state index contributed by atoms with van der Waals surface area (Å²) < 4.78 is 13.2. The first-order valence-corrected chi connectivity index (χ1v) is 7.31. The highest BCUT2D eigenvalue weighted by Gasteiger charge is 2.10. The number of nitrogens with zero attached hydrogens (tertiary/aromatic N) is 1. The van der Waals surface area contributed by atoms with Crippen molar-refractivity contribution in [3.8, 4) is 0 Å². The molecule has 0 fully saturated rings. The maximum atomic E-state index is 13.2. The van der Waals surface area contributed by atoms with Crippen LogP contribution in [0.5, 0.6) is 0 Å². The van der Waals surface area contributed by atoms with E-state index in [0.717, 1.165) is 17.1 Å². The van der Waals surface area contributed by atoms with Crippen molar-refractivity contribution in [3.05, 3.63) is 35.1 Å². The highest BCUT2D eigenvalue weighted by molar-refractivity contribution is 7.99. The molecular formula is C13H20FN3OS. The van der Waals surface area contributed by atoms with Gasteiger partial charge in [0.15, 0.2) is 5.84 Å². The van der Waals surface area contributed by atoms with Gasteiger partial charge in [-0.05, 0) is 30.4 Å². The van der Waals surface area contributed by atoms with Crippen LogP contribution in [-0.2, 0) is 6.54 Å². The predicted octanol–water partition coefficient (Wildman–Crippen LogP) is 2.15. The second kappa shape index (κ2) is 8.01. The van der Waals surface area contributed by atoms with Gasteiger partial charge >= 0.3 is 0 Å². The number of thioether (sulfide) groups is 1. The first-order chi connectivity index (χ1) is 9.08. The molecule has 106 valence electrons. The lowest BCUT2D eigenvalue weighted by Crippen LogP contribution is -2.29. The van der Waals surface area contributed by atoms with Crippen molar-refractivity contribution in [2.45, 2.75) is 26.4 Å². The van der Waals surface area contributed by atoms with Gasteiger partial charge in [-0.15, -0.1) is 0 Å². The smallest absolute Gasteiger partial charge is 0.170 e. The Bertz CT molecular complexity index is 440. The Morgan fingerprint density at radius 1 is 1.58 bits per heavy atom. The third-order valence-electron chi connectivity index (χ3n) is 2.67. The maximum absolute atomic E-state index is 13.2. The topological polar surface area (TPSA) is 70.6 Å². The van der Waals surface area contributed by atoms with Gasteiger partial charge < -0.3 is 16.3 Å². The molecule has 0 aliphatic heterocycles. The zero-order chi connectivity index (χ0) is 14.3. The van der Waals surface area contributed by atoms with Crippen LogP contribution in [0.4, 0.5) is 4.39 Å². The molecule has 6 heteroatoms.